The summed E-state index contributed by atoms with van der Waals surface area (Å²) in [6.45, 7) is 0.371. The number of thiophene rings is 1. The number of rotatable bonds is 6. The van der Waals surface area contributed by atoms with Crippen LogP contribution in [0.5, 0.6) is 5.75 Å². The third kappa shape index (κ3) is 4.50. The molecule has 1 aromatic carbocycles. The first-order chi connectivity index (χ1) is 12.3. The molecule has 4 heteroatoms. The van der Waals surface area contributed by atoms with E-state index in [0.717, 1.165) is 17.5 Å². The average molecular weight is 356 g/mol. The fourth-order valence-electron chi connectivity index (χ4n) is 3.08. The smallest absolute Gasteiger partial charge is 0.119 e. The van der Waals surface area contributed by atoms with Crippen LogP contribution in [0.4, 0.5) is 0 Å². The Hall–Kier alpha value is -1.03. The lowest BCUT2D eigenvalue weighted by Gasteiger charge is -2.35. The second kappa shape index (κ2) is 8.72. The molecule has 3 rings (SSSR count). The van der Waals surface area contributed by atoms with E-state index < -0.39 is 12.9 Å². The zero-order chi connectivity index (χ0) is 18.9. The van der Waals surface area contributed by atoms with Gasteiger partial charge in [0.15, 0.2) is 0 Å². The quantitative estimate of drug-likeness (QED) is 0.812. The third-order valence-electron chi connectivity index (χ3n) is 4.18. The molecule has 1 atom stereocenters. The van der Waals surface area contributed by atoms with E-state index >= 15 is 0 Å². The molecule has 1 aliphatic carbocycles. The molecule has 0 spiro atoms. The minimum Gasteiger partial charge on any atom is -0.508 e. The number of benzene rings is 1. The first kappa shape index (κ1) is 13.3. The zero-order valence-corrected chi connectivity index (χ0v) is 14.9. The summed E-state index contributed by atoms with van der Waals surface area (Å²) in [5.41, 5.74) is 1.98. The summed E-state index contributed by atoms with van der Waals surface area (Å²) in [6, 6.07) is 8.83. The predicted molar refractivity (Wildman–Crippen MR) is 101 cm³/mol. The number of halogens is 1. The van der Waals surface area contributed by atoms with Gasteiger partial charge in [-0.3, -0.25) is 4.90 Å². The summed E-state index contributed by atoms with van der Waals surface area (Å²) < 4.78 is 34.4. The van der Waals surface area contributed by atoms with Crippen LogP contribution in [0.1, 0.15) is 41.3 Å². The van der Waals surface area contributed by atoms with E-state index in [4.69, 9.17) is 5.48 Å². The van der Waals surface area contributed by atoms with Gasteiger partial charge in [0.1, 0.15) is 5.75 Å². The van der Waals surface area contributed by atoms with Crippen molar-refractivity contribution in [2.24, 2.45) is 0 Å². The minimum atomic E-state index is -2.12. The van der Waals surface area contributed by atoms with Gasteiger partial charge in [-0.2, -0.15) is 0 Å². The van der Waals surface area contributed by atoms with Crippen molar-refractivity contribution in [1.82, 2.24) is 4.90 Å². The van der Waals surface area contributed by atoms with E-state index in [1.807, 2.05) is 19.1 Å². The van der Waals surface area contributed by atoms with E-state index in [2.05, 4.69) is 0 Å². The van der Waals surface area contributed by atoms with Crippen LogP contribution in [0.3, 0.4) is 0 Å². The van der Waals surface area contributed by atoms with Gasteiger partial charge >= 0.3 is 0 Å². The lowest BCUT2D eigenvalue weighted by Crippen LogP contribution is -2.41. The first-order valence-corrected chi connectivity index (χ1v) is 8.77. The first-order valence-electron chi connectivity index (χ1n) is 9.89. The highest BCUT2D eigenvalue weighted by Crippen LogP contribution is 2.30. The second-order valence-electron chi connectivity index (χ2n) is 5.72. The lowest BCUT2D eigenvalue weighted by atomic mass is 9.86. The van der Waals surface area contributed by atoms with Crippen LogP contribution in [-0.2, 0) is 19.2 Å². The molecule has 0 unspecified atom stereocenters. The molecular formula is C19H26ClNOS. The van der Waals surface area contributed by atoms with Crippen LogP contribution >= 0.6 is 23.7 Å². The monoisotopic (exact) mass is 355 g/mol. The molecule has 0 aliphatic heterocycles. The van der Waals surface area contributed by atoms with Crippen molar-refractivity contribution in [2.75, 3.05) is 13.0 Å². The van der Waals surface area contributed by atoms with Gasteiger partial charge in [0.05, 0.1) is 0 Å². The molecule has 0 radical (unpaired) electrons. The van der Waals surface area contributed by atoms with E-state index in [9.17, 15) is 5.11 Å². The molecule has 1 N–H and O–H groups in total. The molecule has 2 aromatic rings. The van der Waals surface area contributed by atoms with Crippen LogP contribution < -0.4 is 0 Å². The fraction of sp³-hybridized carbons (Fsp3) is 0.474. The molecule has 23 heavy (non-hydrogen) atoms. The zero-order valence-electron chi connectivity index (χ0n) is 17.3. The lowest BCUT2D eigenvalue weighted by molar-refractivity contribution is 0.181. The molecule has 1 heterocycles. The molecule has 0 saturated carbocycles. The summed E-state index contributed by atoms with van der Waals surface area (Å²) in [5, 5.41) is 11.8. The normalized spacial score (nSPS) is 20.7. The van der Waals surface area contributed by atoms with Crippen LogP contribution in [0.2, 0.25) is 0 Å². The Morgan fingerprint density at radius 2 is 2.22 bits per heavy atom. The number of phenolic OH excluding ortho intramolecular Hbond substituents is 1. The van der Waals surface area contributed by atoms with Crippen LogP contribution in [0.25, 0.3) is 0 Å². The molecule has 0 bridgehead atoms. The number of aryl methyl sites for hydroxylation is 1. The number of aromatic hydroxyl groups is 1. The molecule has 126 valence electrons. The van der Waals surface area contributed by atoms with Gasteiger partial charge < -0.3 is 5.11 Å². The van der Waals surface area contributed by atoms with E-state index in [1.54, 1.807) is 28.5 Å². The van der Waals surface area contributed by atoms with Crippen LogP contribution in [0, 0.1) is 0 Å². The number of nitrogens with zero attached hydrogens (tertiary/aromatic N) is 1. The van der Waals surface area contributed by atoms with Crippen molar-refractivity contribution >= 4 is 23.7 Å². The Morgan fingerprint density at radius 3 is 2.96 bits per heavy atom. The Bertz CT molecular complexity index is 754. The van der Waals surface area contributed by atoms with Gasteiger partial charge in [-0.1, -0.05) is 25.1 Å². The van der Waals surface area contributed by atoms with Crippen molar-refractivity contribution in [3.8, 4) is 5.75 Å². The Kier molecular flexibility index (Phi) is 5.04. The molecule has 0 saturated heterocycles. The van der Waals surface area contributed by atoms with Gasteiger partial charge in [-0.05, 0) is 67.2 Å². The maximum absolute atomic E-state index is 10.1. The topological polar surface area (TPSA) is 23.5 Å². The van der Waals surface area contributed by atoms with Gasteiger partial charge in [0, 0.05) is 22.9 Å². The molecule has 1 aliphatic rings. The highest BCUT2D eigenvalue weighted by molar-refractivity contribution is 7.09. The minimum absolute atomic E-state index is 0. The molecule has 0 amide bonds. The predicted octanol–water partition coefficient (Wildman–Crippen LogP) is 4.69. The van der Waals surface area contributed by atoms with E-state index in [1.165, 1.54) is 11.3 Å². The van der Waals surface area contributed by atoms with Crippen molar-refractivity contribution in [2.45, 2.75) is 45.0 Å². The van der Waals surface area contributed by atoms with Crippen LogP contribution in [-0.4, -0.2) is 29.1 Å². The fourth-order valence-corrected chi connectivity index (χ4v) is 3.65. The Morgan fingerprint density at radius 1 is 1.35 bits per heavy atom. The van der Waals surface area contributed by atoms with Gasteiger partial charge in [0.25, 0.3) is 0 Å². The number of fused-ring (bicyclic) bond motifs is 1. The van der Waals surface area contributed by atoms with Crippen molar-refractivity contribution in [1.29, 1.82) is 0 Å². The van der Waals surface area contributed by atoms with Gasteiger partial charge in [0.2, 0.25) is 0 Å². The number of hydrogen-bond acceptors (Lipinski definition) is 3. The summed E-state index contributed by atoms with van der Waals surface area (Å²) in [7, 11) is 0. The highest BCUT2D eigenvalue weighted by Gasteiger charge is 2.25. The number of phenols is 1. The molecule has 0 fully saturated rings. The molecular weight excluding hydrogens is 326 g/mol. The van der Waals surface area contributed by atoms with Crippen LogP contribution in [0.15, 0.2) is 35.7 Å². The average Bonchev–Trinajstić information content (AvgIpc) is 3.14. The van der Waals surface area contributed by atoms with Crippen molar-refractivity contribution in [3.63, 3.8) is 0 Å². The van der Waals surface area contributed by atoms with Gasteiger partial charge in [-0.15, -0.1) is 23.7 Å². The summed E-state index contributed by atoms with van der Waals surface area (Å²) in [5.74, 6) is 0.305. The summed E-state index contributed by atoms with van der Waals surface area (Å²) in [6.07, 6.45) is 0.693. The van der Waals surface area contributed by atoms with Gasteiger partial charge in [-0.25, -0.2) is 0 Å². The van der Waals surface area contributed by atoms with E-state index in [0.29, 0.717) is 36.4 Å². The summed E-state index contributed by atoms with van der Waals surface area (Å²) in [4.78, 5) is 2.12. The number of hydrogen-bond donors (Lipinski definition) is 1. The van der Waals surface area contributed by atoms with Crippen molar-refractivity contribution < 1.29 is 10.6 Å². The molecule has 2 nitrogen and oxygen atoms in total. The third-order valence-corrected chi connectivity index (χ3v) is 4.97. The van der Waals surface area contributed by atoms with Crippen molar-refractivity contribution in [3.05, 3.63) is 51.7 Å². The Balaban J connectivity index is 0.00000261. The van der Waals surface area contributed by atoms with E-state index in [-0.39, 0.29) is 18.4 Å². The Labute approximate surface area is 155 Å². The SMILES string of the molecule is Cl.[2H]C([2H])(c1cccs1)C([2H])([2H])N(CCC)[C@@H]1CCc2c(O)cccc2C1. The highest BCUT2D eigenvalue weighted by atomic mass is 35.5. The largest absolute Gasteiger partial charge is 0.508 e. The summed E-state index contributed by atoms with van der Waals surface area (Å²) >= 11 is 1.25. The maximum Gasteiger partial charge on any atom is 0.119 e. The standard InChI is InChI=1S/C19H25NOS.ClH/c1-2-11-20(12-10-17-6-4-13-22-17)16-8-9-18-15(14-16)5-3-7-19(18)21;/h3-7,13,16,21H,2,8-12,14H2,1H3;1H/t16-;/m1./s1/i10D2,12D2;. The second-order valence-corrected chi connectivity index (χ2v) is 6.67. The molecule has 1 aromatic heterocycles. The maximum atomic E-state index is 10.1.